The number of piperidine rings is 1. The van der Waals surface area contributed by atoms with Crippen molar-refractivity contribution in [2.75, 3.05) is 73.1 Å². The minimum absolute atomic E-state index is 0.0229. The molecule has 2 heterocycles. The molecule has 30 heavy (non-hydrogen) atoms. The van der Waals surface area contributed by atoms with Gasteiger partial charge in [0.25, 0.3) is 0 Å². The molecule has 3 rings (SSSR count). The molecule has 1 aromatic rings. The fraction of sp³-hybridized carbons (Fsp3) is 0.652. The highest BCUT2D eigenvalue weighted by atomic mass is 16.5. The molecule has 1 amide bonds. The third-order valence-electron chi connectivity index (χ3n) is 6.11. The van der Waals surface area contributed by atoms with Gasteiger partial charge in [-0.3, -0.25) is 9.69 Å². The van der Waals surface area contributed by atoms with Crippen LogP contribution in [0.2, 0.25) is 0 Å². The van der Waals surface area contributed by atoms with Crippen LogP contribution in [0.4, 0.5) is 0 Å². The highest BCUT2D eigenvalue weighted by molar-refractivity contribution is 5.85. The topological polar surface area (TPSA) is 60.4 Å². The third kappa shape index (κ3) is 6.44. The number of amides is 1. The lowest BCUT2D eigenvalue weighted by atomic mass is 9.82. The zero-order valence-corrected chi connectivity index (χ0v) is 18.7. The first-order chi connectivity index (χ1) is 14.5. The highest BCUT2D eigenvalue weighted by Crippen LogP contribution is 2.32. The Kier molecular flexibility index (Phi) is 8.51. The van der Waals surface area contributed by atoms with E-state index in [9.17, 15) is 4.79 Å². The van der Waals surface area contributed by atoms with Crippen molar-refractivity contribution in [3.05, 3.63) is 35.9 Å². The normalized spacial score (nSPS) is 23.3. The molecule has 1 N–H and O–H groups in total. The van der Waals surface area contributed by atoms with E-state index < -0.39 is 0 Å². The molecule has 7 heteroatoms. The minimum atomic E-state index is 0.0229. The Morgan fingerprint density at radius 2 is 1.93 bits per heavy atom. The van der Waals surface area contributed by atoms with Crippen LogP contribution in [0.25, 0.3) is 0 Å². The van der Waals surface area contributed by atoms with E-state index in [4.69, 9.17) is 4.74 Å². The van der Waals surface area contributed by atoms with Crippen molar-refractivity contribution in [3.8, 4) is 0 Å². The summed E-state index contributed by atoms with van der Waals surface area (Å²) in [6, 6.07) is 10.8. The van der Waals surface area contributed by atoms with E-state index in [0.29, 0.717) is 11.8 Å². The first kappa shape index (κ1) is 22.6. The molecule has 1 aromatic carbocycles. The van der Waals surface area contributed by atoms with Crippen LogP contribution in [-0.4, -0.2) is 99.7 Å². The van der Waals surface area contributed by atoms with Gasteiger partial charge in [-0.25, -0.2) is 4.99 Å². The van der Waals surface area contributed by atoms with E-state index in [1.54, 1.807) is 19.0 Å². The lowest BCUT2D eigenvalue weighted by Gasteiger charge is -2.39. The number of aliphatic imine (C=N–C) groups is 1. The number of guanidine groups is 1. The van der Waals surface area contributed by atoms with Crippen LogP contribution in [0, 0.1) is 5.92 Å². The maximum atomic E-state index is 12.1. The Balaban J connectivity index is 1.60. The first-order valence-electron chi connectivity index (χ1n) is 11.1. The molecule has 0 bridgehead atoms. The van der Waals surface area contributed by atoms with Gasteiger partial charge in [-0.1, -0.05) is 37.3 Å². The number of nitrogens with one attached hydrogen (secondary N) is 1. The lowest BCUT2D eigenvalue weighted by Crippen LogP contribution is -2.50. The van der Waals surface area contributed by atoms with Crippen LogP contribution in [0.5, 0.6) is 0 Å². The predicted molar refractivity (Wildman–Crippen MR) is 121 cm³/mol. The summed E-state index contributed by atoms with van der Waals surface area (Å²) in [6.45, 7) is 9.75. The number of benzene rings is 1. The smallest absolute Gasteiger partial charge is 0.243 e. The molecule has 2 fully saturated rings. The van der Waals surface area contributed by atoms with E-state index >= 15 is 0 Å². The number of hydrogen-bond acceptors (Lipinski definition) is 4. The molecule has 2 aliphatic heterocycles. The third-order valence-corrected chi connectivity index (χ3v) is 6.11. The summed E-state index contributed by atoms with van der Waals surface area (Å²) in [7, 11) is 3.55. The van der Waals surface area contributed by atoms with E-state index in [-0.39, 0.29) is 12.5 Å². The van der Waals surface area contributed by atoms with Crippen molar-refractivity contribution in [2.24, 2.45) is 10.9 Å². The van der Waals surface area contributed by atoms with Gasteiger partial charge in [0.2, 0.25) is 5.91 Å². The van der Waals surface area contributed by atoms with Gasteiger partial charge in [-0.2, -0.15) is 0 Å². The van der Waals surface area contributed by atoms with Gasteiger partial charge < -0.3 is 19.9 Å². The monoisotopic (exact) mass is 415 g/mol. The van der Waals surface area contributed by atoms with Crippen LogP contribution in [-0.2, 0) is 9.53 Å². The van der Waals surface area contributed by atoms with Crippen molar-refractivity contribution in [2.45, 2.75) is 19.3 Å². The summed E-state index contributed by atoms with van der Waals surface area (Å²) < 4.78 is 5.43. The van der Waals surface area contributed by atoms with Crippen molar-refractivity contribution >= 4 is 11.9 Å². The fourth-order valence-corrected chi connectivity index (χ4v) is 4.24. The molecule has 2 saturated heterocycles. The number of nitrogens with zero attached hydrogens (tertiary/aromatic N) is 4. The summed E-state index contributed by atoms with van der Waals surface area (Å²) in [5, 5.41) is 3.53. The number of likely N-dealkylation sites (tertiary alicyclic amines) is 1. The van der Waals surface area contributed by atoms with Crippen molar-refractivity contribution in [1.82, 2.24) is 20.0 Å². The number of rotatable bonds is 6. The predicted octanol–water partition coefficient (Wildman–Crippen LogP) is 1.48. The SMILES string of the molecule is CC1CN(C(=NCC(=O)N(C)C)NCCN2CCOCC2)CCC1c1ccccc1. The fourth-order valence-electron chi connectivity index (χ4n) is 4.24. The largest absolute Gasteiger partial charge is 0.379 e. The molecule has 0 spiro atoms. The van der Waals surface area contributed by atoms with Crippen molar-refractivity contribution in [3.63, 3.8) is 0 Å². The lowest BCUT2D eigenvalue weighted by molar-refractivity contribution is -0.127. The average Bonchev–Trinajstić information content (AvgIpc) is 2.77. The van der Waals surface area contributed by atoms with Gasteiger partial charge in [0, 0.05) is 53.4 Å². The molecule has 0 aliphatic carbocycles. The van der Waals surface area contributed by atoms with Gasteiger partial charge in [0.05, 0.1) is 13.2 Å². The standard InChI is InChI=1S/C23H37N5O2/c1-19-18-28(11-9-21(19)20-7-5-4-6-8-20)23(25-17-22(29)26(2)3)24-10-12-27-13-15-30-16-14-27/h4-8,19,21H,9-18H2,1-3H3,(H,24,25). The van der Waals surface area contributed by atoms with E-state index in [2.05, 4.69) is 57.4 Å². The number of morpholine rings is 1. The zero-order chi connectivity index (χ0) is 21.3. The van der Waals surface area contributed by atoms with Gasteiger partial charge in [-0.15, -0.1) is 0 Å². The summed E-state index contributed by atoms with van der Waals surface area (Å²) >= 11 is 0. The van der Waals surface area contributed by atoms with Crippen LogP contribution in [0.3, 0.4) is 0 Å². The number of likely N-dealkylation sites (N-methyl/N-ethyl adjacent to an activating group) is 1. The molecule has 0 aromatic heterocycles. The molecular weight excluding hydrogens is 378 g/mol. The second kappa shape index (κ2) is 11.3. The van der Waals surface area contributed by atoms with E-state index in [0.717, 1.165) is 64.9 Å². The second-order valence-electron chi connectivity index (χ2n) is 8.54. The minimum Gasteiger partial charge on any atom is -0.379 e. The number of carbonyl (C=O) groups excluding carboxylic acids is 1. The summed E-state index contributed by atoms with van der Waals surface area (Å²) in [5.74, 6) is 1.98. The van der Waals surface area contributed by atoms with Crippen LogP contribution >= 0.6 is 0 Å². The Morgan fingerprint density at radius 3 is 2.60 bits per heavy atom. The van der Waals surface area contributed by atoms with Gasteiger partial charge in [0.15, 0.2) is 5.96 Å². The number of carbonyl (C=O) groups is 1. The number of ether oxygens (including phenoxy) is 1. The van der Waals surface area contributed by atoms with Gasteiger partial charge in [0.1, 0.15) is 6.54 Å². The average molecular weight is 416 g/mol. The van der Waals surface area contributed by atoms with Crippen LogP contribution in [0.1, 0.15) is 24.8 Å². The Hall–Kier alpha value is -2.12. The molecule has 2 aliphatic rings. The van der Waals surface area contributed by atoms with E-state index in [1.807, 2.05) is 0 Å². The van der Waals surface area contributed by atoms with Gasteiger partial charge >= 0.3 is 0 Å². The molecule has 166 valence electrons. The number of hydrogen-bond donors (Lipinski definition) is 1. The Morgan fingerprint density at radius 1 is 1.20 bits per heavy atom. The summed E-state index contributed by atoms with van der Waals surface area (Å²) in [6.07, 6.45) is 1.09. The molecular formula is C23H37N5O2. The summed E-state index contributed by atoms with van der Waals surface area (Å²) in [5.41, 5.74) is 1.42. The van der Waals surface area contributed by atoms with E-state index in [1.165, 1.54) is 5.56 Å². The highest BCUT2D eigenvalue weighted by Gasteiger charge is 2.29. The van der Waals surface area contributed by atoms with Crippen molar-refractivity contribution < 1.29 is 9.53 Å². The van der Waals surface area contributed by atoms with Crippen LogP contribution < -0.4 is 5.32 Å². The molecule has 0 saturated carbocycles. The first-order valence-corrected chi connectivity index (χ1v) is 11.1. The maximum Gasteiger partial charge on any atom is 0.243 e. The van der Waals surface area contributed by atoms with Crippen LogP contribution in [0.15, 0.2) is 35.3 Å². The van der Waals surface area contributed by atoms with Gasteiger partial charge in [-0.05, 0) is 23.8 Å². The molecule has 2 atom stereocenters. The zero-order valence-electron chi connectivity index (χ0n) is 18.7. The Labute approximate surface area is 181 Å². The Bertz CT molecular complexity index is 688. The second-order valence-corrected chi connectivity index (χ2v) is 8.54. The molecule has 7 nitrogen and oxygen atoms in total. The van der Waals surface area contributed by atoms with Crippen molar-refractivity contribution in [1.29, 1.82) is 0 Å². The molecule has 0 radical (unpaired) electrons. The molecule has 2 unspecified atom stereocenters. The quantitative estimate of drug-likeness (QED) is 0.563. The summed E-state index contributed by atoms with van der Waals surface area (Å²) in [4.78, 5) is 23.1. The maximum absolute atomic E-state index is 12.1.